The smallest absolute Gasteiger partial charge is 0.335 e. The fourth-order valence-electron chi connectivity index (χ4n) is 1.89. The van der Waals surface area contributed by atoms with E-state index in [4.69, 9.17) is 9.84 Å². The first-order chi connectivity index (χ1) is 9.61. The predicted molar refractivity (Wildman–Crippen MR) is 73.5 cm³/mol. The first-order valence-corrected chi connectivity index (χ1v) is 6.34. The number of carbonyl (C=O) groups is 1. The zero-order valence-corrected chi connectivity index (χ0v) is 11.1. The molecule has 0 aliphatic rings. The lowest BCUT2D eigenvalue weighted by molar-refractivity contribution is 0.0696. The molecule has 3 nitrogen and oxygen atoms in total. The first-order valence-electron chi connectivity index (χ1n) is 6.34. The minimum atomic E-state index is -1.15. The van der Waals surface area contributed by atoms with Gasteiger partial charge in [0.05, 0.1) is 5.56 Å². The standard InChI is InChI=1S/C16H15FO3/c1-2-11-5-3-4-6-15(11)20-10-13-8-7-12(16(18)19)9-14(13)17/h3-9H,2,10H2,1H3,(H,18,19). The molecule has 2 aromatic carbocycles. The Labute approximate surface area is 116 Å². The Hall–Kier alpha value is -2.36. The van der Waals surface area contributed by atoms with Gasteiger partial charge in [0, 0.05) is 5.56 Å². The van der Waals surface area contributed by atoms with E-state index in [1.807, 2.05) is 31.2 Å². The van der Waals surface area contributed by atoms with Crippen LogP contribution in [0.15, 0.2) is 42.5 Å². The normalized spacial score (nSPS) is 10.3. The molecule has 0 radical (unpaired) electrons. The molecule has 2 rings (SSSR count). The number of para-hydroxylation sites is 1. The molecule has 0 heterocycles. The molecule has 2 aromatic rings. The van der Waals surface area contributed by atoms with E-state index in [9.17, 15) is 9.18 Å². The van der Waals surface area contributed by atoms with Gasteiger partial charge in [0.15, 0.2) is 0 Å². The van der Waals surface area contributed by atoms with Crippen molar-refractivity contribution in [2.75, 3.05) is 0 Å². The highest BCUT2D eigenvalue weighted by molar-refractivity contribution is 5.87. The number of hydrogen-bond donors (Lipinski definition) is 1. The van der Waals surface area contributed by atoms with Gasteiger partial charge in [-0.3, -0.25) is 0 Å². The zero-order valence-electron chi connectivity index (χ0n) is 11.1. The summed E-state index contributed by atoms with van der Waals surface area (Å²) in [6.07, 6.45) is 0.830. The second-order valence-corrected chi connectivity index (χ2v) is 4.36. The van der Waals surface area contributed by atoms with Crippen LogP contribution in [0.2, 0.25) is 0 Å². The number of halogens is 1. The molecule has 0 amide bonds. The van der Waals surface area contributed by atoms with Crippen molar-refractivity contribution in [2.24, 2.45) is 0 Å². The van der Waals surface area contributed by atoms with Gasteiger partial charge in [-0.2, -0.15) is 0 Å². The number of aromatic carboxylic acids is 1. The summed E-state index contributed by atoms with van der Waals surface area (Å²) in [5, 5.41) is 8.78. The zero-order chi connectivity index (χ0) is 14.5. The molecule has 0 saturated heterocycles. The number of rotatable bonds is 5. The van der Waals surface area contributed by atoms with Crippen molar-refractivity contribution >= 4 is 5.97 Å². The summed E-state index contributed by atoms with van der Waals surface area (Å²) in [6.45, 7) is 2.09. The second-order valence-electron chi connectivity index (χ2n) is 4.36. The third kappa shape index (κ3) is 3.15. The van der Waals surface area contributed by atoms with Crippen molar-refractivity contribution in [1.82, 2.24) is 0 Å². The Morgan fingerprint density at radius 2 is 1.95 bits per heavy atom. The van der Waals surface area contributed by atoms with Gasteiger partial charge in [0.2, 0.25) is 0 Å². The van der Waals surface area contributed by atoms with Crippen molar-refractivity contribution in [3.05, 3.63) is 65.0 Å². The highest BCUT2D eigenvalue weighted by atomic mass is 19.1. The topological polar surface area (TPSA) is 46.5 Å². The fraction of sp³-hybridized carbons (Fsp3) is 0.188. The van der Waals surface area contributed by atoms with E-state index >= 15 is 0 Å². The average molecular weight is 274 g/mol. The van der Waals surface area contributed by atoms with Crippen LogP contribution in [0.25, 0.3) is 0 Å². The molecule has 0 saturated carbocycles. The summed E-state index contributed by atoms with van der Waals surface area (Å²) in [6, 6.07) is 11.4. The van der Waals surface area contributed by atoms with Gasteiger partial charge in [-0.05, 0) is 30.2 Å². The summed E-state index contributed by atoms with van der Waals surface area (Å²) >= 11 is 0. The van der Waals surface area contributed by atoms with Gasteiger partial charge < -0.3 is 9.84 Å². The summed E-state index contributed by atoms with van der Waals surface area (Å²) in [5.41, 5.74) is 1.32. The molecule has 0 aliphatic heterocycles. The molecule has 0 aliphatic carbocycles. The third-order valence-electron chi connectivity index (χ3n) is 3.04. The SMILES string of the molecule is CCc1ccccc1OCc1ccc(C(=O)O)cc1F. The summed E-state index contributed by atoms with van der Waals surface area (Å²) in [4.78, 5) is 10.7. The summed E-state index contributed by atoms with van der Waals surface area (Å²) in [7, 11) is 0. The lowest BCUT2D eigenvalue weighted by Gasteiger charge is -2.11. The van der Waals surface area contributed by atoms with Gasteiger partial charge in [0.1, 0.15) is 18.2 Å². The van der Waals surface area contributed by atoms with E-state index in [2.05, 4.69) is 0 Å². The van der Waals surface area contributed by atoms with Gasteiger partial charge >= 0.3 is 5.97 Å². The highest BCUT2D eigenvalue weighted by Crippen LogP contribution is 2.20. The molecule has 4 heteroatoms. The molecule has 0 fully saturated rings. The Kier molecular flexibility index (Phi) is 4.35. The molecule has 104 valence electrons. The Morgan fingerprint density at radius 1 is 1.20 bits per heavy atom. The quantitative estimate of drug-likeness (QED) is 0.905. The molecule has 0 unspecified atom stereocenters. The largest absolute Gasteiger partial charge is 0.489 e. The molecular formula is C16H15FO3. The summed E-state index contributed by atoms with van der Waals surface area (Å²) in [5.74, 6) is -0.997. The number of hydrogen-bond acceptors (Lipinski definition) is 2. The van der Waals surface area contributed by atoms with E-state index in [-0.39, 0.29) is 12.2 Å². The maximum absolute atomic E-state index is 13.8. The number of carboxylic acids is 1. The lowest BCUT2D eigenvalue weighted by atomic mass is 10.1. The highest BCUT2D eigenvalue weighted by Gasteiger charge is 2.09. The van der Waals surface area contributed by atoms with Crippen LogP contribution in [0.5, 0.6) is 5.75 Å². The molecule has 0 bridgehead atoms. The minimum absolute atomic E-state index is 0.0693. The molecular weight excluding hydrogens is 259 g/mol. The maximum Gasteiger partial charge on any atom is 0.335 e. The molecule has 0 aromatic heterocycles. The first kappa shape index (κ1) is 14.1. The van der Waals surface area contributed by atoms with Crippen molar-refractivity contribution < 1.29 is 19.0 Å². The fourth-order valence-corrected chi connectivity index (χ4v) is 1.89. The van der Waals surface area contributed by atoms with Gasteiger partial charge in [-0.25, -0.2) is 9.18 Å². The van der Waals surface area contributed by atoms with E-state index < -0.39 is 11.8 Å². The average Bonchev–Trinajstić information content (AvgIpc) is 2.46. The maximum atomic E-state index is 13.8. The van der Waals surface area contributed by atoms with Crippen molar-refractivity contribution in [1.29, 1.82) is 0 Å². The molecule has 0 spiro atoms. The number of carboxylic acid groups (broad SMARTS) is 1. The predicted octanol–water partition coefficient (Wildman–Crippen LogP) is 3.67. The van der Waals surface area contributed by atoms with E-state index in [1.165, 1.54) is 12.1 Å². The van der Waals surface area contributed by atoms with Crippen LogP contribution in [-0.4, -0.2) is 11.1 Å². The number of benzene rings is 2. The molecule has 1 N–H and O–H groups in total. The number of aryl methyl sites for hydroxylation is 1. The van der Waals surface area contributed by atoms with E-state index in [1.54, 1.807) is 0 Å². The third-order valence-corrected chi connectivity index (χ3v) is 3.04. The van der Waals surface area contributed by atoms with Crippen molar-refractivity contribution in [3.8, 4) is 5.75 Å². The van der Waals surface area contributed by atoms with Crippen molar-refractivity contribution in [3.63, 3.8) is 0 Å². The van der Waals surface area contributed by atoms with Crippen molar-refractivity contribution in [2.45, 2.75) is 20.0 Å². The Balaban J connectivity index is 2.13. The van der Waals surface area contributed by atoms with Gasteiger partial charge in [-0.1, -0.05) is 31.2 Å². The summed E-state index contributed by atoms with van der Waals surface area (Å²) < 4.78 is 19.4. The number of ether oxygens (including phenoxy) is 1. The second kappa shape index (κ2) is 6.19. The van der Waals surface area contributed by atoms with Crippen LogP contribution in [-0.2, 0) is 13.0 Å². The molecule has 0 atom stereocenters. The van der Waals surface area contributed by atoms with Gasteiger partial charge in [-0.15, -0.1) is 0 Å². The van der Waals surface area contributed by atoms with E-state index in [0.29, 0.717) is 5.56 Å². The minimum Gasteiger partial charge on any atom is -0.489 e. The Morgan fingerprint density at radius 3 is 2.60 bits per heavy atom. The van der Waals surface area contributed by atoms with Crippen LogP contribution >= 0.6 is 0 Å². The van der Waals surface area contributed by atoms with Crippen LogP contribution in [0.4, 0.5) is 4.39 Å². The van der Waals surface area contributed by atoms with Gasteiger partial charge in [0.25, 0.3) is 0 Å². The van der Waals surface area contributed by atoms with Crippen LogP contribution in [0.3, 0.4) is 0 Å². The lowest BCUT2D eigenvalue weighted by Crippen LogP contribution is -2.03. The molecule has 20 heavy (non-hydrogen) atoms. The monoisotopic (exact) mass is 274 g/mol. The van der Waals surface area contributed by atoms with Crippen LogP contribution in [0.1, 0.15) is 28.4 Å². The Bertz CT molecular complexity index is 623. The van der Waals surface area contributed by atoms with Crippen LogP contribution < -0.4 is 4.74 Å². The van der Waals surface area contributed by atoms with Crippen LogP contribution in [0, 0.1) is 5.82 Å². The van der Waals surface area contributed by atoms with E-state index in [0.717, 1.165) is 23.8 Å².